The Kier molecular flexibility index (Phi) is 3.54. The van der Waals surface area contributed by atoms with Crippen LogP contribution < -0.4 is 4.74 Å². The van der Waals surface area contributed by atoms with E-state index in [1.165, 1.54) is 31.4 Å². The van der Waals surface area contributed by atoms with Gasteiger partial charge in [-0.3, -0.25) is 9.59 Å². The molecule has 2 fully saturated rings. The van der Waals surface area contributed by atoms with Crippen LogP contribution in [-0.2, 0) is 14.3 Å². The molecule has 2 saturated carbocycles. The normalized spacial score (nSPS) is 27.8. The Morgan fingerprint density at radius 2 is 1.83 bits per heavy atom. The molecule has 1 aromatic carbocycles. The van der Waals surface area contributed by atoms with Crippen LogP contribution >= 0.6 is 0 Å². The molecule has 2 aliphatic carbocycles. The molecule has 0 radical (unpaired) electrons. The Morgan fingerprint density at radius 1 is 1.17 bits per heavy atom. The molecule has 0 amide bonds. The molecule has 0 spiro atoms. The Labute approximate surface area is 135 Å². The fourth-order valence-electron chi connectivity index (χ4n) is 3.93. The number of methoxy groups -OCH3 is 1. The second kappa shape index (κ2) is 5.18. The van der Waals surface area contributed by atoms with Gasteiger partial charge in [-0.15, -0.1) is 0 Å². The number of Topliss-reactive ketones (excluding diaryl/α,β-unsaturated/α-hetero) is 1. The van der Waals surface area contributed by atoms with E-state index in [4.69, 9.17) is 4.74 Å². The summed E-state index contributed by atoms with van der Waals surface area (Å²) in [5, 5.41) is 0. The molecular weight excluding hydrogens is 296 g/mol. The lowest BCUT2D eigenvalue weighted by Crippen LogP contribution is -2.43. The first kappa shape index (κ1) is 15.7. The molecule has 5 heteroatoms. The number of rotatable bonds is 3. The van der Waals surface area contributed by atoms with E-state index in [1.807, 2.05) is 13.8 Å². The van der Waals surface area contributed by atoms with Gasteiger partial charge in [0.1, 0.15) is 11.2 Å². The highest BCUT2D eigenvalue weighted by molar-refractivity contribution is 6.09. The van der Waals surface area contributed by atoms with E-state index in [2.05, 4.69) is 4.74 Å². The molecule has 1 aromatic rings. The number of hydrogen-bond acceptors (Lipinski definition) is 5. The zero-order chi connectivity index (χ0) is 16.8. The average Bonchev–Trinajstić information content (AvgIpc) is 3.07. The van der Waals surface area contributed by atoms with Crippen LogP contribution in [-0.4, -0.2) is 24.8 Å². The molecule has 3 rings (SSSR count). The average molecular weight is 316 g/mol. The van der Waals surface area contributed by atoms with Crippen LogP contribution in [0.5, 0.6) is 5.75 Å². The summed E-state index contributed by atoms with van der Waals surface area (Å²) in [6.45, 7) is 3.83. The van der Waals surface area contributed by atoms with E-state index in [-0.39, 0.29) is 11.7 Å². The minimum absolute atomic E-state index is 0.00238. The van der Waals surface area contributed by atoms with E-state index in [0.29, 0.717) is 24.2 Å². The molecule has 23 heavy (non-hydrogen) atoms. The predicted octanol–water partition coefficient (Wildman–Crippen LogP) is 2.77. The summed E-state index contributed by atoms with van der Waals surface area (Å²) in [5.74, 6) is -0.339. The van der Waals surface area contributed by atoms with Gasteiger partial charge in [-0.05, 0) is 49.4 Å². The Bertz CT molecular complexity index is 673. The van der Waals surface area contributed by atoms with E-state index in [0.717, 1.165) is 6.42 Å². The summed E-state index contributed by atoms with van der Waals surface area (Å²) in [5.41, 5.74) is -1.06. The van der Waals surface area contributed by atoms with E-state index < -0.39 is 22.8 Å². The zero-order valence-electron chi connectivity index (χ0n) is 13.5. The largest absolute Gasteiger partial charge is 0.465 e. The highest BCUT2D eigenvalue weighted by Gasteiger charge is 2.66. The maximum absolute atomic E-state index is 12.7. The van der Waals surface area contributed by atoms with Crippen LogP contribution in [0.1, 0.15) is 43.5 Å². The van der Waals surface area contributed by atoms with Crippen molar-refractivity contribution >= 4 is 17.7 Å². The van der Waals surface area contributed by atoms with Crippen molar-refractivity contribution in [1.82, 2.24) is 0 Å². The van der Waals surface area contributed by atoms with Gasteiger partial charge in [-0.2, -0.15) is 0 Å². The molecule has 2 bridgehead atoms. The lowest BCUT2D eigenvalue weighted by molar-refractivity contribution is -0.153. The number of esters is 2. The van der Waals surface area contributed by atoms with Gasteiger partial charge < -0.3 is 9.47 Å². The molecule has 0 heterocycles. The van der Waals surface area contributed by atoms with E-state index in [9.17, 15) is 14.4 Å². The van der Waals surface area contributed by atoms with Gasteiger partial charge in [0.15, 0.2) is 5.78 Å². The lowest BCUT2D eigenvalue weighted by atomic mass is 9.71. The maximum atomic E-state index is 12.7. The minimum atomic E-state index is -0.991. The quantitative estimate of drug-likeness (QED) is 0.487. The number of fused-ring (bicyclic) bond motifs is 2. The van der Waals surface area contributed by atoms with Crippen molar-refractivity contribution in [2.45, 2.75) is 33.1 Å². The van der Waals surface area contributed by atoms with Crippen molar-refractivity contribution in [3.05, 3.63) is 29.8 Å². The molecule has 0 aromatic heterocycles. The van der Waals surface area contributed by atoms with Crippen molar-refractivity contribution in [3.63, 3.8) is 0 Å². The number of benzene rings is 1. The summed E-state index contributed by atoms with van der Waals surface area (Å²) in [4.78, 5) is 36.7. The summed E-state index contributed by atoms with van der Waals surface area (Å²) in [7, 11) is 1.30. The van der Waals surface area contributed by atoms with Gasteiger partial charge in [-0.25, -0.2) is 4.79 Å². The monoisotopic (exact) mass is 316 g/mol. The third-order valence-corrected chi connectivity index (χ3v) is 5.43. The Hall–Kier alpha value is -2.17. The van der Waals surface area contributed by atoms with Crippen molar-refractivity contribution in [2.75, 3.05) is 7.11 Å². The summed E-state index contributed by atoms with van der Waals surface area (Å²) >= 11 is 0. The molecule has 2 atom stereocenters. The van der Waals surface area contributed by atoms with Crippen LogP contribution in [0.15, 0.2) is 24.3 Å². The number of ketones is 1. The van der Waals surface area contributed by atoms with Crippen molar-refractivity contribution in [1.29, 1.82) is 0 Å². The first-order valence-corrected chi connectivity index (χ1v) is 7.77. The number of hydrogen-bond donors (Lipinski definition) is 0. The highest BCUT2D eigenvalue weighted by Crippen LogP contribution is 2.60. The second-order valence-electron chi connectivity index (χ2n) is 6.98. The second-order valence-corrected chi connectivity index (χ2v) is 6.98. The van der Waals surface area contributed by atoms with Crippen molar-refractivity contribution < 1.29 is 23.9 Å². The summed E-state index contributed by atoms with van der Waals surface area (Å²) in [6.07, 6.45) is 2.03. The smallest absolute Gasteiger partial charge is 0.337 e. The van der Waals surface area contributed by atoms with Crippen LogP contribution in [0.4, 0.5) is 0 Å². The Balaban J connectivity index is 1.78. The van der Waals surface area contributed by atoms with Crippen LogP contribution in [0.3, 0.4) is 0 Å². The van der Waals surface area contributed by atoms with Gasteiger partial charge in [-0.1, -0.05) is 13.8 Å². The molecular formula is C18H20O5. The van der Waals surface area contributed by atoms with Gasteiger partial charge in [0.25, 0.3) is 0 Å². The molecule has 122 valence electrons. The standard InChI is InChI=1S/C18H20O5/c1-17(2)12-8-9-18(10-12,15(17)20)16(21)23-13-6-4-11(5-7-13)14(19)22-3/h4-7,12H,8-10H2,1-3H3. The summed E-state index contributed by atoms with van der Waals surface area (Å²) < 4.78 is 10.1. The SMILES string of the molecule is COC(=O)c1ccc(OC(=O)C23CCC(C2)C(C)(C)C3=O)cc1. The van der Waals surface area contributed by atoms with Gasteiger partial charge >= 0.3 is 11.9 Å². The van der Waals surface area contributed by atoms with Crippen LogP contribution in [0, 0.1) is 16.7 Å². The molecule has 2 aliphatic rings. The number of carbonyl (C=O) groups excluding carboxylic acids is 3. The zero-order valence-corrected chi connectivity index (χ0v) is 13.5. The first-order chi connectivity index (χ1) is 10.8. The van der Waals surface area contributed by atoms with Crippen molar-refractivity contribution in [2.24, 2.45) is 16.7 Å². The van der Waals surface area contributed by atoms with E-state index in [1.54, 1.807) is 0 Å². The number of ether oxygens (including phenoxy) is 2. The van der Waals surface area contributed by atoms with Crippen LogP contribution in [0.25, 0.3) is 0 Å². The van der Waals surface area contributed by atoms with Gasteiger partial charge in [0.05, 0.1) is 12.7 Å². The van der Waals surface area contributed by atoms with Gasteiger partial charge in [0.2, 0.25) is 0 Å². The first-order valence-electron chi connectivity index (χ1n) is 7.77. The fourth-order valence-corrected chi connectivity index (χ4v) is 3.93. The molecule has 0 aliphatic heterocycles. The highest BCUT2D eigenvalue weighted by atomic mass is 16.5. The minimum Gasteiger partial charge on any atom is -0.465 e. The molecule has 0 N–H and O–H groups in total. The van der Waals surface area contributed by atoms with E-state index >= 15 is 0 Å². The fraction of sp³-hybridized carbons (Fsp3) is 0.500. The van der Waals surface area contributed by atoms with Crippen molar-refractivity contribution in [3.8, 4) is 5.75 Å². The van der Waals surface area contributed by atoms with Gasteiger partial charge in [0, 0.05) is 5.41 Å². The topological polar surface area (TPSA) is 69.7 Å². The molecule has 0 saturated heterocycles. The lowest BCUT2D eigenvalue weighted by Gasteiger charge is -2.31. The summed E-state index contributed by atoms with van der Waals surface area (Å²) in [6, 6.07) is 6.14. The predicted molar refractivity (Wildman–Crippen MR) is 82.0 cm³/mol. The van der Waals surface area contributed by atoms with Crippen LogP contribution in [0.2, 0.25) is 0 Å². The third-order valence-electron chi connectivity index (χ3n) is 5.43. The maximum Gasteiger partial charge on any atom is 0.337 e. The molecule has 2 unspecified atom stereocenters. The third kappa shape index (κ3) is 2.26. The molecule has 5 nitrogen and oxygen atoms in total. The Morgan fingerprint density at radius 3 is 2.35 bits per heavy atom. The number of carbonyl (C=O) groups is 3.